The van der Waals surface area contributed by atoms with Crippen LogP contribution in [0.5, 0.6) is 0 Å². The molecule has 1 heterocycles. The predicted molar refractivity (Wildman–Crippen MR) is 46.5 cm³/mol. The number of carbonyl (C=O) groups excluding carboxylic acids is 2. The molecule has 4 heteroatoms. The van der Waals surface area contributed by atoms with Crippen molar-refractivity contribution in [2.75, 3.05) is 0 Å². The highest BCUT2D eigenvalue weighted by Crippen LogP contribution is 2.27. The normalized spacial score (nSPS) is 20.5. The zero-order chi connectivity index (χ0) is 10.1. The summed E-state index contributed by atoms with van der Waals surface area (Å²) >= 11 is 0. The van der Waals surface area contributed by atoms with Gasteiger partial charge in [0, 0.05) is 5.56 Å². The van der Waals surface area contributed by atoms with Crippen LogP contribution >= 0.6 is 0 Å². The van der Waals surface area contributed by atoms with Crippen LogP contribution in [0.25, 0.3) is 0 Å². The molecule has 0 aromatic heterocycles. The zero-order valence-corrected chi connectivity index (χ0v) is 7.52. The first-order valence-electron chi connectivity index (χ1n) is 4.16. The molecule has 0 saturated carbocycles. The fourth-order valence-corrected chi connectivity index (χ4v) is 1.38. The Morgan fingerprint density at radius 2 is 1.93 bits per heavy atom. The monoisotopic (exact) mass is 192 g/mol. The number of hydrogen-bond acceptors (Lipinski definition) is 4. The third-order valence-corrected chi connectivity index (χ3v) is 2.08. The van der Waals surface area contributed by atoms with E-state index in [0.29, 0.717) is 5.56 Å². The van der Waals surface area contributed by atoms with E-state index in [4.69, 9.17) is 4.74 Å². The lowest BCUT2D eigenvalue weighted by Crippen LogP contribution is -2.08. The Morgan fingerprint density at radius 1 is 1.21 bits per heavy atom. The van der Waals surface area contributed by atoms with Crippen LogP contribution in [0.1, 0.15) is 17.2 Å². The van der Waals surface area contributed by atoms with Gasteiger partial charge in [0.15, 0.2) is 0 Å². The molecule has 1 saturated heterocycles. The molecule has 72 valence electrons. The number of cyclic esters (lactones) is 3. The van der Waals surface area contributed by atoms with Gasteiger partial charge in [0.1, 0.15) is 0 Å². The number of benzene rings is 1. The molecule has 14 heavy (non-hydrogen) atoms. The molecule has 1 aliphatic heterocycles. The maximum absolute atomic E-state index is 11.2. The summed E-state index contributed by atoms with van der Waals surface area (Å²) in [5.41, 5.74) is 1.56. The highest BCUT2D eigenvalue weighted by molar-refractivity contribution is 5.91. The molecule has 4 nitrogen and oxygen atoms in total. The van der Waals surface area contributed by atoms with Crippen molar-refractivity contribution in [3.05, 3.63) is 35.4 Å². The van der Waals surface area contributed by atoms with Crippen molar-refractivity contribution in [1.29, 1.82) is 0 Å². The lowest BCUT2D eigenvalue weighted by Gasteiger charge is -2.07. The molecule has 2 rings (SSSR count). The number of aryl methyl sites for hydroxylation is 1. The Morgan fingerprint density at radius 3 is 2.50 bits per heavy atom. The molecule has 1 atom stereocenters. The molecule has 0 N–H and O–H groups in total. The van der Waals surface area contributed by atoms with Gasteiger partial charge < -0.3 is 9.47 Å². The third kappa shape index (κ3) is 1.35. The molecule has 0 aliphatic carbocycles. The van der Waals surface area contributed by atoms with Crippen LogP contribution < -0.4 is 0 Å². The minimum atomic E-state index is -0.928. The van der Waals surface area contributed by atoms with Gasteiger partial charge in [-0.15, -0.1) is 0 Å². The highest BCUT2D eigenvalue weighted by atomic mass is 16.8. The fraction of sp³-hybridized carbons (Fsp3) is 0.200. The second-order valence-electron chi connectivity index (χ2n) is 3.03. The summed E-state index contributed by atoms with van der Waals surface area (Å²) in [6.07, 6.45) is -1.83. The average molecular weight is 192 g/mol. The largest absolute Gasteiger partial charge is 0.517 e. The number of rotatable bonds is 1. The van der Waals surface area contributed by atoms with Gasteiger partial charge in [-0.3, -0.25) is 0 Å². The molecule has 1 unspecified atom stereocenters. The minimum absolute atomic E-state index is 0.649. The van der Waals surface area contributed by atoms with Crippen LogP contribution in [-0.2, 0) is 14.3 Å². The van der Waals surface area contributed by atoms with Gasteiger partial charge in [0.2, 0.25) is 6.10 Å². The first-order chi connectivity index (χ1) is 6.68. The summed E-state index contributed by atoms with van der Waals surface area (Å²) in [4.78, 5) is 21.9. The number of carbonyl (C=O) groups is 2. The summed E-state index contributed by atoms with van der Waals surface area (Å²) in [7, 11) is 0. The maximum Gasteiger partial charge on any atom is 0.517 e. The van der Waals surface area contributed by atoms with E-state index in [1.54, 1.807) is 12.1 Å². The van der Waals surface area contributed by atoms with Gasteiger partial charge in [-0.2, -0.15) is 0 Å². The lowest BCUT2D eigenvalue weighted by molar-refractivity contribution is -0.136. The minimum Gasteiger partial charge on any atom is -0.414 e. The average Bonchev–Trinajstić information content (AvgIpc) is 2.46. The Kier molecular flexibility index (Phi) is 1.96. The van der Waals surface area contributed by atoms with Gasteiger partial charge >= 0.3 is 12.1 Å². The van der Waals surface area contributed by atoms with Gasteiger partial charge in [0.25, 0.3) is 0 Å². The molecule has 0 bridgehead atoms. The van der Waals surface area contributed by atoms with Crippen molar-refractivity contribution in [3.8, 4) is 0 Å². The van der Waals surface area contributed by atoms with Crippen molar-refractivity contribution >= 4 is 12.1 Å². The van der Waals surface area contributed by atoms with Crippen molar-refractivity contribution in [1.82, 2.24) is 0 Å². The molecule has 1 aliphatic rings. The summed E-state index contributed by atoms with van der Waals surface area (Å²) in [6, 6.07) is 7.21. The smallest absolute Gasteiger partial charge is 0.414 e. The second-order valence-corrected chi connectivity index (χ2v) is 3.03. The summed E-state index contributed by atoms with van der Waals surface area (Å²) in [5, 5.41) is 0. The Bertz CT molecular complexity index is 397. The second kappa shape index (κ2) is 3.14. The first kappa shape index (κ1) is 8.74. The van der Waals surface area contributed by atoms with E-state index in [0.717, 1.165) is 5.56 Å². The molecule has 1 aromatic carbocycles. The lowest BCUT2D eigenvalue weighted by atomic mass is 10.0. The number of ether oxygens (including phenoxy) is 2. The van der Waals surface area contributed by atoms with Crippen molar-refractivity contribution in [3.63, 3.8) is 0 Å². The number of esters is 1. The highest BCUT2D eigenvalue weighted by Gasteiger charge is 2.37. The van der Waals surface area contributed by atoms with E-state index in [9.17, 15) is 9.59 Å². The van der Waals surface area contributed by atoms with Gasteiger partial charge in [-0.1, -0.05) is 24.3 Å². The Balaban J connectivity index is 2.36. The standard InChI is InChI=1S/C10H8O4/c1-6-4-2-3-5-7(6)8-9(11)14-10(12)13-8/h2-5,8H,1H3. The third-order valence-electron chi connectivity index (χ3n) is 2.08. The van der Waals surface area contributed by atoms with Crippen LogP contribution in [0.15, 0.2) is 24.3 Å². The van der Waals surface area contributed by atoms with Crippen LogP contribution in [0.3, 0.4) is 0 Å². The fourth-order valence-electron chi connectivity index (χ4n) is 1.38. The van der Waals surface area contributed by atoms with Crippen molar-refractivity contribution in [2.24, 2.45) is 0 Å². The van der Waals surface area contributed by atoms with E-state index < -0.39 is 18.2 Å². The van der Waals surface area contributed by atoms with Crippen LogP contribution in [0, 0.1) is 6.92 Å². The first-order valence-corrected chi connectivity index (χ1v) is 4.16. The zero-order valence-electron chi connectivity index (χ0n) is 7.52. The molecular weight excluding hydrogens is 184 g/mol. The molecular formula is C10H8O4. The quantitative estimate of drug-likeness (QED) is 0.502. The van der Waals surface area contributed by atoms with E-state index in [2.05, 4.69) is 4.74 Å². The van der Waals surface area contributed by atoms with Crippen LogP contribution in [-0.4, -0.2) is 12.1 Å². The topological polar surface area (TPSA) is 52.6 Å². The Labute approximate surface area is 80.4 Å². The van der Waals surface area contributed by atoms with Crippen LogP contribution in [0.2, 0.25) is 0 Å². The van der Waals surface area contributed by atoms with Gasteiger partial charge in [-0.25, -0.2) is 9.59 Å². The summed E-state index contributed by atoms with van der Waals surface area (Å²) < 4.78 is 9.01. The molecule has 0 radical (unpaired) electrons. The van der Waals surface area contributed by atoms with E-state index in [1.165, 1.54) is 0 Å². The van der Waals surface area contributed by atoms with Crippen molar-refractivity contribution < 1.29 is 19.1 Å². The summed E-state index contributed by atoms with van der Waals surface area (Å²) in [6.45, 7) is 1.84. The van der Waals surface area contributed by atoms with E-state index >= 15 is 0 Å². The molecule has 0 spiro atoms. The SMILES string of the molecule is Cc1ccccc1C1OC(=O)OC1=O. The number of hydrogen-bond donors (Lipinski definition) is 0. The molecule has 1 aromatic rings. The molecule has 0 amide bonds. The predicted octanol–water partition coefficient (Wildman–Crippen LogP) is 1.73. The van der Waals surface area contributed by atoms with Gasteiger partial charge in [0.05, 0.1) is 0 Å². The Hall–Kier alpha value is -1.84. The maximum atomic E-state index is 11.2. The van der Waals surface area contributed by atoms with Gasteiger partial charge in [-0.05, 0) is 12.5 Å². The van der Waals surface area contributed by atoms with E-state index in [-0.39, 0.29) is 0 Å². The van der Waals surface area contributed by atoms with E-state index in [1.807, 2.05) is 19.1 Å². The summed E-state index contributed by atoms with van der Waals surface area (Å²) in [5.74, 6) is -0.649. The van der Waals surface area contributed by atoms with Crippen LogP contribution in [0.4, 0.5) is 4.79 Å². The molecule has 1 fully saturated rings. The van der Waals surface area contributed by atoms with Crippen molar-refractivity contribution in [2.45, 2.75) is 13.0 Å².